The lowest BCUT2D eigenvalue weighted by molar-refractivity contribution is 0.0154. The van der Waals surface area contributed by atoms with E-state index in [0.717, 1.165) is 19.3 Å². The molecule has 6 nitrogen and oxygen atoms in total. The first-order chi connectivity index (χ1) is 9.67. The third-order valence-electron chi connectivity index (χ3n) is 3.90. The highest BCUT2D eigenvalue weighted by atomic mass is 16.6. The van der Waals surface area contributed by atoms with Gasteiger partial charge in [-0.25, -0.2) is 4.79 Å². The van der Waals surface area contributed by atoms with E-state index in [0.29, 0.717) is 18.7 Å². The van der Waals surface area contributed by atoms with Crippen molar-refractivity contribution in [3.8, 4) is 0 Å². The monoisotopic (exact) mass is 275 g/mol. The Morgan fingerprint density at radius 3 is 3.10 bits per heavy atom. The minimum atomic E-state index is -0.447. The third-order valence-corrected chi connectivity index (χ3v) is 3.90. The number of carbonyl (C=O) groups excluding carboxylic acids is 2. The zero-order chi connectivity index (χ0) is 14.0. The highest BCUT2D eigenvalue weighted by Crippen LogP contribution is 2.34. The summed E-state index contributed by atoms with van der Waals surface area (Å²) in [7, 11) is 0. The molecule has 2 heterocycles. The summed E-state index contributed by atoms with van der Waals surface area (Å²) < 4.78 is 5.39. The molecule has 0 radical (unpaired) electrons. The van der Waals surface area contributed by atoms with E-state index in [1.165, 1.54) is 0 Å². The fraction of sp³-hybridized carbons (Fsp3) is 0.500. The number of nitrogens with one attached hydrogen (secondary N) is 2. The van der Waals surface area contributed by atoms with Crippen molar-refractivity contribution < 1.29 is 14.3 Å². The molecule has 6 heteroatoms. The molecule has 1 aliphatic carbocycles. The fourth-order valence-electron chi connectivity index (χ4n) is 2.96. The highest BCUT2D eigenvalue weighted by Gasteiger charge is 2.44. The Balaban J connectivity index is 1.63. The Morgan fingerprint density at radius 2 is 2.40 bits per heavy atom. The van der Waals surface area contributed by atoms with Gasteiger partial charge in [0, 0.05) is 18.7 Å². The minimum Gasteiger partial charge on any atom is -0.441 e. The summed E-state index contributed by atoms with van der Waals surface area (Å²) in [6.45, 7) is 0.530. The Labute approximate surface area is 116 Å². The van der Waals surface area contributed by atoms with E-state index >= 15 is 0 Å². The number of amides is 2. The average Bonchev–Trinajstić information content (AvgIpc) is 2.80. The van der Waals surface area contributed by atoms with Crippen LogP contribution >= 0.6 is 0 Å². The minimum absolute atomic E-state index is 0.0194. The van der Waals surface area contributed by atoms with E-state index in [9.17, 15) is 9.59 Å². The van der Waals surface area contributed by atoms with Gasteiger partial charge < -0.3 is 15.4 Å². The van der Waals surface area contributed by atoms with Crippen molar-refractivity contribution in [3.05, 3.63) is 30.1 Å². The van der Waals surface area contributed by atoms with Gasteiger partial charge in [-0.2, -0.15) is 0 Å². The first-order valence-corrected chi connectivity index (χ1v) is 6.86. The van der Waals surface area contributed by atoms with Crippen molar-refractivity contribution in [2.45, 2.75) is 37.3 Å². The van der Waals surface area contributed by atoms with E-state index in [2.05, 4.69) is 15.6 Å². The quantitative estimate of drug-likeness (QED) is 0.850. The second-order valence-electron chi connectivity index (χ2n) is 5.41. The molecule has 2 N–H and O–H groups in total. The molecule has 2 aliphatic rings. The molecule has 2 unspecified atom stereocenters. The van der Waals surface area contributed by atoms with E-state index < -0.39 is 5.60 Å². The topological polar surface area (TPSA) is 80.3 Å². The second-order valence-corrected chi connectivity index (χ2v) is 5.41. The molecule has 2 atom stereocenters. The third kappa shape index (κ3) is 2.59. The fourth-order valence-corrected chi connectivity index (χ4v) is 2.96. The van der Waals surface area contributed by atoms with Crippen molar-refractivity contribution in [1.82, 2.24) is 15.6 Å². The van der Waals surface area contributed by atoms with Gasteiger partial charge in [0.05, 0.1) is 6.54 Å². The number of ether oxygens (including phenoxy) is 1. The van der Waals surface area contributed by atoms with Crippen molar-refractivity contribution >= 4 is 12.0 Å². The molecule has 0 aromatic carbocycles. The van der Waals surface area contributed by atoms with Crippen LogP contribution in [0.5, 0.6) is 0 Å². The van der Waals surface area contributed by atoms with Crippen molar-refractivity contribution in [2.75, 3.05) is 6.54 Å². The van der Waals surface area contributed by atoms with Gasteiger partial charge in [-0.05, 0) is 31.4 Å². The number of alkyl carbamates (subject to hydrolysis) is 1. The average molecular weight is 275 g/mol. The maximum atomic E-state index is 12.1. The maximum absolute atomic E-state index is 12.1. The number of aromatic nitrogens is 1. The number of pyridine rings is 1. The van der Waals surface area contributed by atoms with Gasteiger partial charge in [-0.15, -0.1) is 0 Å². The van der Waals surface area contributed by atoms with Gasteiger partial charge in [-0.1, -0.05) is 6.07 Å². The van der Waals surface area contributed by atoms with Crippen LogP contribution in [-0.2, 0) is 4.74 Å². The van der Waals surface area contributed by atoms with Crippen LogP contribution < -0.4 is 10.6 Å². The SMILES string of the molecule is O=C1NCC2(CCCC(NC(=O)c3ccccn3)C2)O1. The molecule has 2 fully saturated rings. The van der Waals surface area contributed by atoms with Gasteiger partial charge in [0.2, 0.25) is 0 Å². The van der Waals surface area contributed by atoms with Crippen LogP contribution in [0.25, 0.3) is 0 Å². The van der Waals surface area contributed by atoms with E-state index in [4.69, 9.17) is 4.74 Å². The lowest BCUT2D eigenvalue weighted by atomic mass is 9.82. The molecule has 1 saturated heterocycles. The van der Waals surface area contributed by atoms with Crippen LogP contribution in [0, 0.1) is 0 Å². The zero-order valence-electron chi connectivity index (χ0n) is 11.1. The van der Waals surface area contributed by atoms with Crippen LogP contribution in [0.4, 0.5) is 4.79 Å². The molecular formula is C14H17N3O3. The van der Waals surface area contributed by atoms with Crippen molar-refractivity contribution in [2.24, 2.45) is 0 Å². The summed E-state index contributed by atoms with van der Waals surface area (Å²) in [6, 6.07) is 5.26. The second kappa shape index (κ2) is 5.11. The number of nitrogens with zero attached hydrogens (tertiary/aromatic N) is 1. The molecule has 106 valence electrons. The molecule has 1 aliphatic heterocycles. The van der Waals surface area contributed by atoms with Gasteiger partial charge in [0.15, 0.2) is 0 Å². The summed E-state index contributed by atoms with van der Waals surface area (Å²) in [5, 5.41) is 5.68. The van der Waals surface area contributed by atoms with Crippen LogP contribution in [0.3, 0.4) is 0 Å². The molecular weight excluding hydrogens is 258 g/mol. The predicted molar refractivity (Wildman–Crippen MR) is 71.2 cm³/mol. The number of hydrogen-bond acceptors (Lipinski definition) is 4. The van der Waals surface area contributed by atoms with Crippen LogP contribution in [0.2, 0.25) is 0 Å². The normalized spacial score (nSPS) is 28.8. The van der Waals surface area contributed by atoms with Crippen molar-refractivity contribution in [1.29, 1.82) is 0 Å². The lowest BCUT2D eigenvalue weighted by Crippen LogP contribution is -2.47. The molecule has 3 rings (SSSR count). The molecule has 20 heavy (non-hydrogen) atoms. The summed E-state index contributed by atoms with van der Waals surface area (Å²) >= 11 is 0. The van der Waals surface area contributed by atoms with Crippen LogP contribution in [-0.4, -0.2) is 35.2 Å². The molecule has 1 saturated carbocycles. The number of rotatable bonds is 2. The summed E-state index contributed by atoms with van der Waals surface area (Å²) in [4.78, 5) is 27.4. The molecule has 1 aromatic rings. The Morgan fingerprint density at radius 1 is 1.50 bits per heavy atom. The first kappa shape index (κ1) is 12.9. The van der Waals surface area contributed by atoms with E-state index in [-0.39, 0.29) is 18.0 Å². The van der Waals surface area contributed by atoms with Gasteiger partial charge in [-0.3, -0.25) is 9.78 Å². The first-order valence-electron chi connectivity index (χ1n) is 6.86. The summed E-state index contributed by atoms with van der Waals surface area (Å²) in [5.41, 5.74) is -0.0362. The van der Waals surface area contributed by atoms with Crippen LogP contribution in [0.1, 0.15) is 36.2 Å². The standard InChI is InChI=1S/C14H17N3O3/c18-12(11-5-1-2-7-15-11)17-10-4-3-6-14(8-10)9-16-13(19)20-14/h1-2,5,7,10H,3-4,6,8-9H2,(H,16,19)(H,17,18). The maximum Gasteiger partial charge on any atom is 0.407 e. The molecule has 1 spiro atoms. The Bertz CT molecular complexity index is 520. The predicted octanol–water partition coefficient (Wildman–Crippen LogP) is 1.23. The van der Waals surface area contributed by atoms with Crippen molar-refractivity contribution in [3.63, 3.8) is 0 Å². The van der Waals surface area contributed by atoms with Gasteiger partial charge in [0.1, 0.15) is 11.3 Å². The largest absolute Gasteiger partial charge is 0.441 e. The summed E-state index contributed by atoms with van der Waals surface area (Å²) in [5.74, 6) is -0.176. The van der Waals surface area contributed by atoms with Gasteiger partial charge >= 0.3 is 6.09 Å². The number of carbonyl (C=O) groups is 2. The smallest absolute Gasteiger partial charge is 0.407 e. The van der Waals surface area contributed by atoms with Crippen LogP contribution in [0.15, 0.2) is 24.4 Å². The lowest BCUT2D eigenvalue weighted by Gasteiger charge is -2.35. The highest BCUT2D eigenvalue weighted by molar-refractivity contribution is 5.92. The molecule has 2 amide bonds. The number of hydrogen-bond donors (Lipinski definition) is 2. The Hall–Kier alpha value is -2.11. The van der Waals surface area contributed by atoms with E-state index in [1.807, 2.05) is 0 Å². The summed E-state index contributed by atoms with van der Waals surface area (Å²) in [6.07, 6.45) is 4.58. The zero-order valence-corrected chi connectivity index (χ0v) is 11.1. The molecule has 1 aromatic heterocycles. The van der Waals surface area contributed by atoms with Gasteiger partial charge in [0.25, 0.3) is 5.91 Å². The Kier molecular flexibility index (Phi) is 3.30. The van der Waals surface area contributed by atoms with E-state index in [1.54, 1.807) is 24.4 Å². The molecule has 0 bridgehead atoms.